The summed E-state index contributed by atoms with van der Waals surface area (Å²) in [6.45, 7) is 2.63. The Morgan fingerprint density at radius 1 is 1.28 bits per heavy atom. The van der Waals surface area contributed by atoms with Crippen LogP contribution in [0.4, 0.5) is 5.13 Å². The Hall–Kier alpha value is -2.87. The van der Waals surface area contributed by atoms with Crippen molar-refractivity contribution in [2.75, 3.05) is 19.5 Å². The van der Waals surface area contributed by atoms with E-state index in [9.17, 15) is 4.79 Å². The first kappa shape index (κ1) is 17.0. The summed E-state index contributed by atoms with van der Waals surface area (Å²) in [5.74, 6) is 1.06. The van der Waals surface area contributed by atoms with Crippen molar-refractivity contribution in [3.8, 4) is 22.8 Å². The highest BCUT2D eigenvalue weighted by Gasteiger charge is 2.14. The van der Waals surface area contributed by atoms with Crippen molar-refractivity contribution in [1.29, 1.82) is 0 Å². The summed E-state index contributed by atoms with van der Waals surface area (Å²) < 4.78 is 12.3. The van der Waals surface area contributed by atoms with E-state index in [-0.39, 0.29) is 5.91 Å². The Morgan fingerprint density at radius 3 is 2.80 bits per heavy atom. The van der Waals surface area contributed by atoms with Crippen LogP contribution in [-0.2, 0) is 6.54 Å². The molecule has 0 radical (unpaired) electrons. The number of anilines is 1. The molecule has 0 spiro atoms. The summed E-state index contributed by atoms with van der Waals surface area (Å²) in [6, 6.07) is 5.57. The van der Waals surface area contributed by atoms with E-state index in [0.29, 0.717) is 28.9 Å². The predicted molar refractivity (Wildman–Crippen MR) is 96.5 cm³/mol. The molecule has 25 heavy (non-hydrogen) atoms. The van der Waals surface area contributed by atoms with Gasteiger partial charge in [-0.2, -0.15) is 0 Å². The fourth-order valence-electron chi connectivity index (χ4n) is 2.38. The number of methoxy groups -OCH3 is 2. The number of ether oxygens (including phenoxy) is 2. The second kappa shape index (κ2) is 7.35. The summed E-state index contributed by atoms with van der Waals surface area (Å²) in [6.07, 6.45) is 3.17. The van der Waals surface area contributed by atoms with Crippen LogP contribution >= 0.6 is 11.3 Å². The zero-order valence-corrected chi connectivity index (χ0v) is 15.0. The molecule has 3 rings (SSSR count). The number of imidazole rings is 1. The number of carbonyl (C=O) groups excluding carboxylic acids is 1. The summed E-state index contributed by atoms with van der Waals surface area (Å²) in [5.41, 5.74) is 2.14. The number of rotatable bonds is 6. The largest absolute Gasteiger partial charge is 0.493 e. The fourth-order valence-corrected chi connectivity index (χ4v) is 3.10. The van der Waals surface area contributed by atoms with E-state index in [0.717, 1.165) is 11.3 Å². The second-order valence-electron chi connectivity index (χ2n) is 5.13. The lowest BCUT2D eigenvalue weighted by atomic mass is 10.1. The molecular weight excluding hydrogens is 340 g/mol. The molecule has 0 fully saturated rings. The van der Waals surface area contributed by atoms with Crippen molar-refractivity contribution in [3.63, 3.8) is 0 Å². The molecule has 0 saturated carbocycles. The van der Waals surface area contributed by atoms with E-state index in [1.807, 2.05) is 30.5 Å². The molecule has 8 heteroatoms. The van der Waals surface area contributed by atoms with Gasteiger partial charge in [0.1, 0.15) is 5.69 Å². The molecule has 2 heterocycles. The zero-order valence-electron chi connectivity index (χ0n) is 14.1. The number of benzene rings is 1. The maximum Gasteiger partial charge on any atom is 0.275 e. The number of aromatic nitrogens is 3. The molecule has 7 nitrogen and oxygen atoms in total. The third-order valence-electron chi connectivity index (χ3n) is 3.69. The third-order valence-corrected chi connectivity index (χ3v) is 4.45. The summed E-state index contributed by atoms with van der Waals surface area (Å²) in [4.78, 5) is 20.8. The van der Waals surface area contributed by atoms with Crippen LogP contribution in [0.25, 0.3) is 11.3 Å². The lowest BCUT2D eigenvalue weighted by Gasteiger charge is -2.08. The van der Waals surface area contributed by atoms with Gasteiger partial charge in [0.15, 0.2) is 16.6 Å². The van der Waals surface area contributed by atoms with Gasteiger partial charge < -0.3 is 14.0 Å². The summed E-state index contributed by atoms with van der Waals surface area (Å²) in [5, 5.41) is 5.22. The standard InChI is InChI=1S/C17H18N4O3S/c1-4-21-10-18-8-13(21)16(22)20-17-19-12(9-25-17)11-5-6-14(23-2)15(7-11)24-3/h5-10H,4H2,1-3H3,(H,19,20,22). The van der Waals surface area contributed by atoms with Gasteiger partial charge in [0.2, 0.25) is 0 Å². The first-order valence-electron chi connectivity index (χ1n) is 7.65. The number of carbonyl (C=O) groups is 1. The van der Waals surface area contributed by atoms with Gasteiger partial charge in [-0.15, -0.1) is 11.3 Å². The van der Waals surface area contributed by atoms with E-state index in [1.54, 1.807) is 31.3 Å². The minimum Gasteiger partial charge on any atom is -0.493 e. The monoisotopic (exact) mass is 358 g/mol. The zero-order chi connectivity index (χ0) is 17.8. The van der Waals surface area contributed by atoms with Gasteiger partial charge in [0.05, 0.1) is 32.4 Å². The topological polar surface area (TPSA) is 78.3 Å². The van der Waals surface area contributed by atoms with Crippen LogP contribution in [0.3, 0.4) is 0 Å². The molecular formula is C17H18N4O3S. The molecule has 0 saturated heterocycles. The maximum atomic E-state index is 12.3. The van der Waals surface area contributed by atoms with Crippen molar-refractivity contribution in [3.05, 3.63) is 41.8 Å². The molecule has 1 N–H and O–H groups in total. The molecule has 3 aromatic rings. The Kier molecular flexibility index (Phi) is 4.99. The number of aryl methyl sites for hydroxylation is 1. The number of nitrogens with one attached hydrogen (secondary N) is 1. The first-order chi connectivity index (χ1) is 12.2. The lowest BCUT2D eigenvalue weighted by Crippen LogP contribution is -2.16. The molecule has 0 unspecified atom stereocenters. The Labute approximate surface area is 149 Å². The van der Waals surface area contributed by atoms with E-state index >= 15 is 0 Å². The number of amides is 1. The Morgan fingerprint density at radius 2 is 2.08 bits per heavy atom. The van der Waals surface area contributed by atoms with E-state index in [2.05, 4.69) is 15.3 Å². The average Bonchev–Trinajstić information content (AvgIpc) is 3.30. The van der Waals surface area contributed by atoms with E-state index < -0.39 is 0 Å². The van der Waals surface area contributed by atoms with Gasteiger partial charge in [-0.1, -0.05) is 0 Å². The van der Waals surface area contributed by atoms with Crippen molar-refractivity contribution < 1.29 is 14.3 Å². The van der Waals surface area contributed by atoms with Crippen molar-refractivity contribution in [1.82, 2.24) is 14.5 Å². The van der Waals surface area contributed by atoms with Gasteiger partial charge in [-0.3, -0.25) is 10.1 Å². The maximum absolute atomic E-state index is 12.3. The molecule has 0 bridgehead atoms. The van der Waals surface area contributed by atoms with Crippen molar-refractivity contribution >= 4 is 22.4 Å². The van der Waals surface area contributed by atoms with Gasteiger partial charge in [0.25, 0.3) is 5.91 Å². The van der Waals surface area contributed by atoms with Crippen LogP contribution in [0, 0.1) is 0 Å². The normalized spacial score (nSPS) is 10.5. The first-order valence-corrected chi connectivity index (χ1v) is 8.53. The third kappa shape index (κ3) is 3.48. The molecule has 130 valence electrons. The smallest absolute Gasteiger partial charge is 0.275 e. The molecule has 0 aliphatic carbocycles. The molecule has 0 aliphatic rings. The number of hydrogen-bond donors (Lipinski definition) is 1. The fraction of sp³-hybridized carbons (Fsp3) is 0.235. The van der Waals surface area contributed by atoms with Crippen LogP contribution in [0.5, 0.6) is 11.5 Å². The van der Waals surface area contributed by atoms with Crippen LogP contribution in [0.15, 0.2) is 36.1 Å². The van der Waals surface area contributed by atoms with E-state index in [4.69, 9.17) is 9.47 Å². The van der Waals surface area contributed by atoms with Gasteiger partial charge in [-0.25, -0.2) is 9.97 Å². The number of thiazole rings is 1. The average molecular weight is 358 g/mol. The quantitative estimate of drug-likeness (QED) is 0.731. The van der Waals surface area contributed by atoms with E-state index in [1.165, 1.54) is 11.3 Å². The highest BCUT2D eigenvalue weighted by atomic mass is 32.1. The van der Waals surface area contributed by atoms with Crippen LogP contribution in [0.2, 0.25) is 0 Å². The highest BCUT2D eigenvalue weighted by Crippen LogP contribution is 2.33. The van der Waals surface area contributed by atoms with Crippen LogP contribution in [0.1, 0.15) is 17.4 Å². The van der Waals surface area contributed by atoms with Crippen LogP contribution < -0.4 is 14.8 Å². The lowest BCUT2D eigenvalue weighted by molar-refractivity contribution is 0.101. The summed E-state index contributed by atoms with van der Waals surface area (Å²) >= 11 is 1.36. The SMILES string of the molecule is CCn1cncc1C(=O)Nc1nc(-c2ccc(OC)c(OC)c2)cs1. The highest BCUT2D eigenvalue weighted by molar-refractivity contribution is 7.14. The van der Waals surface area contributed by atoms with Crippen molar-refractivity contribution in [2.24, 2.45) is 0 Å². The van der Waals surface area contributed by atoms with Gasteiger partial charge in [0, 0.05) is 17.5 Å². The Balaban J connectivity index is 1.80. The summed E-state index contributed by atoms with van der Waals surface area (Å²) in [7, 11) is 3.18. The predicted octanol–water partition coefficient (Wildman–Crippen LogP) is 3.30. The second-order valence-corrected chi connectivity index (χ2v) is 5.98. The number of nitrogens with zero attached hydrogens (tertiary/aromatic N) is 3. The molecule has 0 atom stereocenters. The molecule has 1 amide bonds. The molecule has 2 aromatic heterocycles. The molecule has 0 aliphatic heterocycles. The van der Waals surface area contributed by atoms with Gasteiger partial charge in [-0.05, 0) is 25.1 Å². The van der Waals surface area contributed by atoms with Crippen LogP contribution in [-0.4, -0.2) is 34.7 Å². The molecule has 1 aromatic carbocycles. The minimum absolute atomic E-state index is 0.229. The minimum atomic E-state index is -0.229. The Bertz CT molecular complexity index is 888. The number of hydrogen-bond acceptors (Lipinski definition) is 6. The van der Waals surface area contributed by atoms with Gasteiger partial charge >= 0.3 is 0 Å². The van der Waals surface area contributed by atoms with Crippen molar-refractivity contribution in [2.45, 2.75) is 13.5 Å².